The van der Waals surface area contributed by atoms with Crippen molar-refractivity contribution in [2.45, 2.75) is 60.4 Å². The van der Waals surface area contributed by atoms with Crippen LogP contribution in [0.3, 0.4) is 0 Å². The lowest BCUT2D eigenvalue weighted by Crippen LogP contribution is -2.13. The molecule has 0 aliphatic rings. The van der Waals surface area contributed by atoms with Crippen LogP contribution in [0.1, 0.15) is 52.4 Å². The molecule has 0 radical (unpaired) electrons. The van der Waals surface area contributed by atoms with Crippen molar-refractivity contribution in [1.29, 1.82) is 0 Å². The van der Waals surface area contributed by atoms with E-state index >= 15 is 0 Å². The van der Waals surface area contributed by atoms with E-state index in [-0.39, 0.29) is 5.92 Å². The largest absolute Gasteiger partial charge is 0.370 e. The van der Waals surface area contributed by atoms with Gasteiger partial charge in [0.15, 0.2) is 0 Å². The SMILES string of the molecule is Cc1nc(NCCc2ccccc2C)cc([C@H](C)Cn2nc(C)c(C)c2C)n1. The first-order chi connectivity index (χ1) is 13.3. The van der Waals surface area contributed by atoms with Gasteiger partial charge in [0, 0.05) is 30.8 Å². The van der Waals surface area contributed by atoms with Crippen molar-refractivity contribution >= 4 is 5.82 Å². The second-order valence-corrected chi connectivity index (χ2v) is 7.71. The first kappa shape index (κ1) is 20.1. The van der Waals surface area contributed by atoms with Crippen molar-refractivity contribution in [3.05, 3.63) is 69.9 Å². The van der Waals surface area contributed by atoms with E-state index in [0.717, 1.165) is 42.5 Å². The van der Waals surface area contributed by atoms with Gasteiger partial charge in [-0.25, -0.2) is 9.97 Å². The van der Waals surface area contributed by atoms with Crippen LogP contribution >= 0.6 is 0 Å². The zero-order valence-corrected chi connectivity index (χ0v) is 17.9. The van der Waals surface area contributed by atoms with E-state index in [9.17, 15) is 0 Å². The molecule has 3 rings (SSSR count). The van der Waals surface area contributed by atoms with Crippen molar-refractivity contribution in [3.8, 4) is 0 Å². The average molecular weight is 378 g/mol. The molecular formula is C23H31N5. The highest BCUT2D eigenvalue weighted by Crippen LogP contribution is 2.21. The number of aryl methyl sites for hydroxylation is 3. The maximum absolute atomic E-state index is 4.68. The maximum atomic E-state index is 4.68. The van der Waals surface area contributed by atoms with Crippen molar-refractivity contribution in [2.75, 3.05) is 11.9 Å². The van der Waals surface area contributed by atoms with Crippen LogP contribution in [0.4, 0.5) is 5.82 Å². The number of anilines is 1. The molecule has 28 heavy (non-hydrogen) atoms. The fourth-order valence-corrected chi connectivity index (χ4v) is 3.47. The molecule has 1 aromatic carbocycles. The van der Waals surface area contributed by atoms with Gasteiger partial charge in [-0.3, -0.25) is 4.68 Å². The summed E-state index contributed by atoms with van der Waals surface area (Å²) < 4.78 is 2.10. The minimum absolute atomic E-state index is 0.260. The Bertz CT molecular complexity index is 958. The van der Waals surface area contributed by atoms with Crippen LogP contribution in [0.2, 0.25) is 0 Å². The molecular weight excluding hydrogens is 346 g/mol. The minimum Gasteiger partial charge on any atom is -0.370 e. The van der Waals surface area contributed by atoms with E-state index in [4.69, 9.17) is 0 Å². The molecule has 2 aromatic heterocycles. The normalized spacial score (nSPS) is 12.2. The van der Waals surface area contributed by atoms with Crippen molar-refractivity contribution in [2.24, 2.45) is 0 Å². The minimum atomic E-state index is 0.260. The maximum Gasteiger partial charge on any atom is 0.129 e. The number of rotatable bonds is 7. The summed E-state index contributed by atoms with van der Waals surface area (Å²) >= 11 is 0. The Hall–Kier alpha value is -2.69. The summed E-state index contributed by atoms with van der Waals surface area (Å²) in [6.07, 6.45) is 0.978. The van der Waals surface area contributed by atoms with E-state index in [1.807, 2.05) is 6.92 Å². The Morgan fingerprint density at radius 2 is 1.79 bits per heavy atom. The second-order valence-electron chi connectivity index (χ2n) is 7.71. The molecule has 0 saturated carbocycles. The Balaban J connectivity index is 1.68. The molecule has 1 N–H and O–H groups in total. The molecule has 0 aliphatic heterocycles. The van der Waals surface area contributed by atoms with Crippen LogP contribution < -0.4 is 5.32 Å². The van der Waals surface area contributed by atoms with E-state index < -0.39 is 0 Å². The third-order valence-electron chi connectivity index (χ3n) is 5.51. The molecule has 0 spiro atoms. The summed E-state index contributed by atoms with van der Waals surface area (Å²) in [5.74, 6) is 1.95. The molecule has 0 saturated heterocycles. The van der Waals surface area contributed by atoms with Gasteiger partial charge in [0.05, 0.1) is 11.4 Å². The topological polar surface area (TPSA) is 55.6 Å². The fourth-order valence-electron chi connectivity index (χ4n) is 3.47. The molecule has 0 aliphatic carbocycles. The van der Waals surface area contributed by atoms with E-state index in [1.165, 1.54) is 22.4 Å². The number of hydrogen-bond donors (Lipinski definition) is 1. The molecule has 0 fully saturated rings. The summed E-state index contributed by atoms with van der Waals surface area (Å²) in [6.45, 7) is 14.3. The number of hydrogen-bond acceptors (Lipinski definition) is 4. The third-order valence-corrected chi connectivity index (χ3v) is 5.51. The number of aromatic nitrogens is 4. The van der Waals surface area contributed by atoms with Gasteiger partial charge in [0.2, 0.25) is 0 Å². The highest BCUT2D eigenvalue weighted by atomic mass is 15.3. The van der Waals surface area contributed by atoms with Gasteiger partial charge in [0.1, 0.15) is 11.6 Å². The van der Waals surface area contributed by atoms with Crippen LogP contribution in [0.15, 0.2) is 30.3 Å². The van der Waals surface area contributed by atoms with E-state index in [2.05, 4.69) is 90.0 Å². The lowest BCUT2D eigenvalue weighted by atomic mass is 10.1. The van der Waals surface area contributed by atoms with Crippen molar-refractivity contribution < 1.29 is 0 Å². The standard InChI is InChI=1S/C23H31N5/c1-15-9-7-8-10-21(15)11-12-24-23-13-22(25-20(6)26-23)16(2)14-28-19(5)17(3)18(4)27-28/h7-10,13,16H,11-12,14H2,1-6H3,(H,24,25,26)/t16-/m1/s1. The Morgan fingerprint density at radius 3 is 2.46 bits per heavy atom. The van der Waals surface area contributed by atoms with Crippen molar-refractivity contribution in [3.63, 3.8) is 0 Å². The van der Waals surface area contributed by atoms with Crippen LogP contribution in [-0.2, 0) is 13.0 Å². The number of benzene rings is 1. The zero-order valence-electron chi connectivity index (χ0n) is 17.9. The van der Waals surface area contributed by atoms with Gasteiger partial charge < -0.3 is 5.32 Å². The molecule has 5 nitrogen and oxygen atoms in total. The molecule has 0 unspecified atom stereocenters. The first-order valence-corrected chi connectivity index (χ1v) is 9.99. The summed E-state index contributed by atoms with van der Waals surface area (Å²) in [4.78, 5) is 9.24. The summed E-state index contributed by atoms with van der Waals surface area (Å²) in [6, 6.07) is 10.6. The predicted molar refractivity (Wildman–Crippen MR) is 115 cm³/mol. The quantitative estimate of drug-likeness (QED) is 0.650. The number of nitrogens with one attached hydrogen (secondary N) is 1. The molecule has 0 bridgehead atoms. The summed E-state index contributed by atoms with van der Waals surface area (Å²) in [5, 5.41) is 8.14. The average Bonchev–Trinajstić information content (AvgIpc) is 2.89. The van der Waals surface area contributed by atoms with Crippen LogP contribution in [-0.4, -0.2) is 26.3 Å². The van der Waals surface area contributed by atoms with E-state index in [0.29, 0.717) is 0 Å². The molecule has 5 heteroatoms. The highest BCUT2D eigenvalue weighted by molar-refractivity contribution is 5.38. The highest BCUT2D eigenvalue weighted by Gasteiger charge is 2.14. The Kier molecular flexibility index (Phi) is 6.12. The summed E-state index contributed by atoms with van der Waals surface area (Å²) in [5.41, 5.74) is 7.35. The molecule has 0 amide bonds. The smallest absolute Gasteiger partial charge is 0.129 e. The van der Waals surface area contributed by atoms with Gasteiger partial charge in [-0.15, -0.1) is 0 Å². The van der Waals surface area contributed by atoms with Crippen LogP contribution in [0, 0.1) is 34.6 Å². The Labute approximate surface area is 168 Å². The van der Waals surface area contributed by atoms with Gasteiger partial charge in [0.25, 0.3) is 0 Å². The van der Waals surface area contributed by atoms with Gasteiger partial charge in [-0.2, -0.15) is 5.10 Å². The van der Waals surface area contributed by atoms with Crippen molar-refractivity contribution in [1.82, 2.24) is 19.7 Å². The van der Waals surface area contributed by atoms with Gasteiger partial charge >= 0.3 is 0 Å². The molecule has 148 valence electrons. The van der Waals surface area contributed by atoms with E-state index in [1.54, 1.807) is 0 Å². The fraction of sp³-hybridized carbons (Fsp3) is 0.435. The van der Waals surface area contributed by atoms with Crippen LogP contribution in [0.25, 0.3) is 0 Å². The Morgan fingerprint density at radius 1 is 1.04 bits per heavy atom. The van der Waals surface area contributed by atoms with Gasteiger partial charge in [-0.1, -0.05) is 31.2 Å². The third kappa shape index (κ3) is 4.58. The predicted octanol–water partition coefficient (Wildman–Crippen LogP) is 4.67. The van der Waals surface area contributed by atoms with Gasteiger partial charge in [-0.05, 0) is 57.7 Å². The first-order valence-electron chi connectivity index (χ1n) is 9.99. The number of nitrogens with zero attached hydrogens (tertiary/aromatic N) is 4. The van der Waals surface area contributed by atoms with Crippen LogP contribution in [0.5, 0.6) is 0 Å². The lowest BCUT2D eigenvalue weighted by Gasteiger charge is -2.15. The monoisotopic (exact) mass is 377 g/mol. The summed E-state index contributed by atoms with van der Waals surface area (Å²) in [7, 11) is 0. The zero-order chi connectivity index (χ0) is 20.3. The molecule has 1 atom stereocenters. The molecule has 3 aromatic rings. The molecule has 2 heterocycles. The second kappa shape index (κ2) is 8.55. The lowest BCUT2D eigenvalue weighted by molar-refractivity contribution is 0.519.